The molecule has 0 amide bonds. The zero-order valence-electron chi connectivity index (χ0n) is 15.2. The second-order valence-electron chi connectivity index (χ2n) is 5.93. The fraction of sp³-hybridized carbons (Fsp3) is 0.263. The molecule has 0 unspecified atom stereocenters. The first-order chi connectivity index (χ1) is 13.4. The van der Waals surface area contributed by atoms with Gasteiger partial charge < -0.3 is 14.0 Å². The Morgan fingerprint density at radius 3 is 2.46 bits per heavy atom. The van der Waals surface area contributed by atoms with Crippen molar-refractivity contribution in [2.75, 3.05) is 13.7 Å². The lowest BCUT2D eigenvalue weighted by Crippen LogP contribution is -2.19. The fourth-order valence-electron chi connectivity index (χ4n) is 2.47. The Hall–Kier alpha value is -2.68. The molecule has 0 bridgehead atoms. The molecule has 0 fully saturated rings. The van der Waals surface area contributed by atoms with Crippen molar-refractivity contribution in [3.8, 4) is 22.9 Å². The maximum atomic E-state index is 12.3. The van der Waals surface area contributed by atoms with E-state index in [0.29, 0.717) is 16.7 Å². The number of halogens is 3. The quantitative estimate of drug-likeness (QED) is 0.529. The van der Waals surface area contributed by atoms with Crippen LogP contribution in [0.5, 0.6) is 11.5 Å². The number of aromatic nitrogens is 3. The van der Waals surface area contributed by atoms with Gasteiger partial charge in [-0.05, 0) is 42.0 Å². The Balaban J connectivity index is 1.66. The summed E-state index contributed by atoms with van der Waals surface area (Å²) in [6.07, 6.45) is -4.36. The van der Waals surface area contributed by atoms with Crippen LogP contribution in [0.25, 0.3) is 11.4 Å². The van der Waals surface area contributed by atoms with Gasteiger partial charge in [0, 0.05) is 18.4 Å². The molecule has 3 aromatic rings. The third-order valence-corrected chi connectivity index (χ3v) is 4.94. The number of benzene rings is 2. The summed E-state index contributed by atoms with van der Waals surface area (Å²) in [7, 11) is 3.47. The molecule has 0 radical (unpaired) electrons. The van der Waals surface area contributed by atoms with Crippen LogP contribution in [0.4, 0.5) is 13.2 Å². The van der Waals surface area contributed by atoms with Gasteiger partial charge in [0.2, 0.25) is 0 Å². The standard InChI is InChI=1S/C19H18F3N3O2S/c1-25-17(14-6-8-15(26-2)9-7-14)23-24-18(25)28-11-13-4-3-5-16(10-13)27-12-19(20,21)22/h3-10H,11-12H2,1-2H3. The van der Waals surface area contributed by atoms with Crippen LogP contribution in [0, 0.1) is 0 Å². The van der Waals surface area contributed by atoms with Gasteiger partial charge in [-0.15, -0.1) is 10.2 Å². The van der Waals surface area contributed by atoms with Crippen molar-refractivity contribution >= 4 is 11.8 Å². The van der Waals surface area contributed by atoms with Crippen molar-refractivity contribution in [2.24, 2.45) is 7.05 Å². The molecule has 0 spiro atoms. The van der Waals surface area contributed by atoms with E-state index in [9.17, 15) is 13.2 Å². The van der Waals surface area contributed by atoms with E-state index in [1.165, 1.54) is 17.8 Å². The van der Waals surface area contributed by atoms with E-state index in [-0.39, 0.29) is 5.75 Å². The van der Waals surface area contributed by atoms with E-state index < -0.39 is 12.8 Å². The third-order valence-electron chi connectivity index (χ3n) is 3.85. The van der Waals surface area contributed by atoms with Crippen LogP contribution < -0.4 is 9.47 Å². The summed E-state index contributed by atoms with van der Waals surface area (Å²) in [5.74, 6) is 2.19. The minimum atomic E-state index is -4.36. The molecule has 9 heteroatoms. The Morgan fingerprint density at radius 2 is 1.79 bits per heavy atom. The molecular formula is C19H18F3N3O2S. The van der Waals surface area contributed by atoms with Crippen LogP contribution in [0.2, 0.25) is 0 Å². The Labute approximate surface area is 164 Å². The molecule has 0 aliphatic rings. The van der Waals surface area contributed by atoms with Gasteiger partial charge in [0.25, 0.3) is 0 Å². The third kappa shape index (κ3) is 5.19. The number of hydrogen-bond acceptors (Lipinski definition) is 5. The number of hydrogen-bond donors (Lipinski definition) is 0. The zero-order chi connectivity index (χ0) is 20.1. The van der Waals surface area contributed by atoms with Gasteiger partial charge in [-0.1, -0.05) is 23.9 Å². The maximum absolute atomic E-state index is 12.3. The normalized spacial score (nSPS) is 11.5. The Bertz CT molecular complexity index is 927. The highest BCUT2D eigenvalue weighted by molar-refractivity contribution is 7.98. The lowest BCUT2D eigenvalue weighted by molar-refractivity contribution is -0.153. The topological polar surface area (TPSA) is 49.2 Å². The van der Waals surface area contributed by atoms with Gasteiger partial charge in [0.1, 0.15) is 11.5 Å². The molecule has 148 valence electrons. The van der Waals surface area contributed by atoms with Gasteiger partial charge in [0.15, 0.2) is 17.6 Å². The predicted octanol–water partition coefficient (Wildman–Crippen LogP) is 4.72. The highest BCUT2D eigenvalue weighted by Crippen LogP contribution is 2.27. The molecular weight excluding hydrogens is 391 g/mol. The zero-order valence-corrected chi connectivity index (χ0v) is 16.0. The Morgan fingerprint density at radius 1 is 1.04 bits per heavy atom. The van der Waals surface area contributed by atoms with Crippen LogP contribution in [0.1, 0.15) is 5.56 Å². The smallest absolute Gasteiger partial charge is 0.422 e. The van der Waals surface area contributed by atoms with Crippen molar-refractivity contribution in [3.05, 3.63) is 54.1 Å². The summed E-state index contributed by atoms with van der Waals surface area (Å²) >= 11 is 1.44. The fourth-order valence-corrected chi connectivity index (χ4v) is 3.32. The summed E-state index contributed by atoms with van der Waals surface area (Å²) in [4.78, 5) is 0. The van der Waals surface area contributed by atoms with Crippen molar-refractivity contribution in [1.29, 1.82) is 0 Å². The highest BCUT2D eigenvalue weighted by Gasteiger charge is 2.28. The molecule has 1 heterocycles. The van der Waals surface area contributed by atoms with E-state index in [1.54, 1.807) is 19.2 Å². The van der Waals surface area contributed by atoms with Crippen LogP contribution in [0.15, 0.2) is 53.7 Å². The molecule has 1 aromatic heterocycles. The highest BCUT2D eigenvalue weighted by atomic mass is 32.2. The summed E-state index contributed by atoms with van der Waals surface area (Å²) in [6.45, 7) is -1.31. The van der Waals surface area contributed by atoms with E-state index in [2.05, 4.69) is 10.2 Å². The largest absolute Gasteiger partial charge is 0.497 e. The average Bonchev–Trinajstić information content (AvgIpc) is 3.05. The molecule has 3 rings (SSSR count). The second-order valence-corrected chi connectivity index (χ2v) is 6.88. The van der Waals surface area contributed by atoms with E-state index in [4.69, 9.17) is 9.47 Å². The molecule has 0 N–H and O–H groups in total. The van der Waals surface area contributed by atoms with Gasteiger partial charge in [-0.2, -0.15) is 13.2 Å². The molecule has 2 aromatic carbocycles. The summed E-state index contributed by atoms with van der Waals surface area (Å²) in [5, 5.41) is 9.14. The van der Waals surface area contributed by atoms with E-state index >= 15 is 0 Å². The number of ether oxygens (including phenoxy) is 2. The number of alkyl halides is 3. The molecule has 0 atom stereocenters. The lowest BCUT2D eigenvalue weighted by Gasteiger charge is -2.10. The summed E-state index contributed by atoms with van der Waals surface area (Å²) in [5.41, 5.74) is 1.74. The predicted molar refractivity (Wildman–Crippen MR) is 101 cm³/mol. The molecule has 0 aliphatic carbocycles. The number of methoxy groups -OCH3 is 1. The lowest BCUT2D eigenvalue weighted by atomic mass is 10.2. The molecule has 0 saturated heterocycles. The first kappa shape index (κ1) is 20.1. The average molecular weight is 409 g/mol. The number of rotatable bonds is 7. The van der Waals surface area contributed by atoms with Crippen LogP contribution in [0.3, 0.4) is 0 Å². The molecule has 5 nitrogen and oxygen atoms in total. The molecule has 0 saturated carbocycles. The second kappa shape index (κ2) is 8.55. The summed E-state index contributed by atoms with van der Waals surface area (Å²) < 4.78 is 48.7. The van der Waals surface area contributed by atoms with Crippen LogP contribution >= 0.6 is 11.8 Å². The first-order valence-corrected chi connectivity index (χ1v) is 9.29. The molecule has 28 heavy (non-hydrogen) atoms. The first-order valence-electron chi connectivity index (χ1n) is 8.31. The van der Waals surface area contributed by atoms with Gasteiger partial charge in [-0.25, -0.2) is 0 Å². The molecule has 0 aliphatic heterocycles. The Kier molecular flexibility index (Phi) is 6.13. The van der Waals surface area contributed by atoms with Gasteiger partial charge in [0.05, 0.1) is 7.11 Å². The van der Waals surface area contributed by atoms with Crippen LogP contribution in [-0.2, 0) is 12.8 Å². The summed E-state index contributed by atoms with van der Waals surface area (Å²) in [6, 6.07) is 14.1. The van der Waals surface area contributed by atoms with Crippen molar-refractivity contribution in [1.82, 2.24) is 14.8 Å². The number of thioether (sulfide) groups is 1. The van der Waals surface area contributed by atoms with Crippen molar-refractivity contribution < 1.29 is 22.6 Å². The van der Waals surface area contributed by atoms with Crippen LogP contribution in [-0.4, -0.2) is 34.7 Å². The van der Waals surface area contributed by atoms with E-state index in [1.807, 2.05) is 41.9 Å². The maximum Gasteiger partial charge on any atom is 0.422 e. The van der Waals surface area contributed by atoms with Crippen molar-refractivity contribution in [2.45, 2.75) is 17.1 Å². The minimum absolute atomic E-state index is 0.187. The van der Waals surface area contributed by atoms with Gasteiger partial charge in [-0.3, -0.25) is 0 Å². The van der Waals surface area contributed by atoms with Gasteiger partial charge >= 0.3 is 6.18 Å². The SMILES string of the molecule is COc1ccc(-c2nnc(SCc3cccc(OCC(F)(F)F)c3)n2C)cc1. The van der Waals surface area contributed by atoms with E-state index in [0.717, 1.165) is 16.9 Å². The number of nitrogens with zero attached hydrogens (tertiary/aromatic N) is 3. The minimum Gasteiger partial charge on any atom is -0.497 e. The van der Waals surface area contributed by atoms with Crippen molar-refractivity contribution in [3.63, 3.8) is 0 Å². The monoisotopic (exact) mass is 409 g/mol.